The zero-order valence-corrected chi connectivity index (χ0v) is 13.1. The lowest BCUT2D eigenvalue weighted by atomic mass is 10.1. The Bertz CT molecular complexity index is 330. The van der Waals surface area contributed by atoms with E-state index in [-0.39, 0.29) is 0 Å². The second-order valence-corrected chi connectivity index (χ2v) is 5.44. The SMILES string of the molecule is CCCCCN(c1ccc(CNCC)cc1)C(C)C. The summed E-state index contributed by atoms with van der Waals surface area (Å²) in [6, 6.07) is 9.58. The van der Waals surface area contributed by atoms with Crippen molar-refractivity contribution in [1.82, 2.24) is 5.32 Å². The molecule has 1 N–H and O–H groups in total. The molecular weight excluding hydrogens is 232 g/mol. The van der Waals surface area contributed by atoms with E-state index in [1.807, 2.05) is 0 Å². The Morgan fingerprint density at radius 2 is 1.74 bits per heavy atom. The molecule has 0 saturated heterocycles. The van der Waals surface area contributed by atoms with Crippen LogP contribution in [0.5, 0.6) is 0 Å². The first-order chi connectivity index (χ1) is 9.19. The minimum atomic E-state index is 0.566. The highest BCUT2D eigenvalue weighted by Crippen LogP contribution is 2.19. The van der Waals surface area contributed by atoms with Crippen molar-refractivity contribution >= 4 is 5.69 Å². The molecule has 0 aromatic heterocycles. The number of unbranched alkanes of at least 4 members (excludes halogenated alkanes) is 2. The van der Waals surface area contributed by atoms with E-state index in [2.05, 4.69) is 62.2 Å². The monoisotopic (exact) mass is 262 g/mol. The Kier molecular flexibility index (Phi) is 7.57. The van der Waals surface area contributed by atoms with E-state index in [0.29, 0.717) is 6.04 Å². The van der Waals surface area contributed by atoms with Gasteiger partial charge >= 0.3 is 0 Å². The molecule has 0 atom stereocenters. The van der Waals surface area contributed by atoms with Crippen molar-refractivity contribution in [2.45, 2.75) is 59.5 Å². The van der Waals surface area contributed by atoms with Crippen molar-refractivity contribution in [1.29, 1.82) is 0 Å². The van der Waals surface area contributed by atoms with Crippen LogP contribution >= 0.6 is 0 Å². The highest BCUT2D eigenvalue weighted by atomic mass is 15.1. The molecule has 0 spiro atoms. The first-order valence-corrected chi connectivity index (χ1v) is 7.75. The second-order valence-electron chi connectivity index (χ2n) is 5.44. The molecule has 2 heteroatoms. The number of rotatable bonds is 9. The van der Waals surface area contributed by atoms with Crippen LogP contribution < -0.4 is 10.2 Å². The van der Waals surface area contributed by atoms with Gasteiger partial charge in [-0.25, -0.2) is 0 Å². The van der Waals surface area contributed by atoms with Crippen molar-refractivity contribution in [3.05, 3.63) is 29.8 Å². The molecule has 0 heterocycles. The second kappa shape index (κ2) is 8.98. The van der Waals surface area contributed by atoms with Crippen LogP contribution in [0.2, 0.25) is 0 Å². The van der Waals surface area contributed by atoms with E-state index < -0.39 is 0 Å². The predicted octanol–water partition coefficient (Wildman–Crippen LogP) is 4.20. The largest absolute Gasteiger partial charge is 0.369 e. The first-order valence-electron chi connectivity index (χ1n) is 7.75. The molecule has 0 bridgehead atoms. The summed E-state index contributed by atoms with van der Waals surface area (Å²) < 4.78 is 0. The summed E-state index contributed by atoms with van der Waals surface area (Å²) in [5.74, 6) is 0. The van der Waals surface area contributed by atoms with Crippen molar-refractivity contribution in [3.8, 4) is 0 Å². The fourth-order valence-corrected chi connectivity index (χ4v) is 2.29. The van der Waals surface area contributed by atoms with Crippen LogP contribution in [0, 0.1) is 0 Å². The average molecular weight is 262 g/mol. The standard InChI is InChI=1S/C17H30N2/c1-5-7-8-13-19(15(3)4)17-11-9-16(10-12-17)14-18-6-2/h9-12,15,18H,5-8,13-14H2,1-4H3. The van der Waals surface area contributed by atoms with Crippen LogP contribution in [0.1, 0.15) is 52.5 Å². The lowest BCUT2D eigenvalue weighted by Crippen LogP contribution is -2.31. The van der Waals surface area contributed by atoms with Gasteiger partial charge in [-0.2, -0.15) is 0 Å². The van der Waals surface area contributed by atoms with Gasteiger partial charge in [0.05, 0.1) is 0 Å². The van der Waals surface area contributed by atoms with Crippen LogP contribution in [0.25, 0.3) is 0 Å². The van der Waals surface area contributed by atoms with Crippen molar-refractivity contribution < 1.29 is 0 Å². The topological polar surface area (TPSA) is 15.3 Å². The molecule has 0 amide bonds. The fraction of sp³-hybridized carbons (Fsp3) is 0.647. The van der Waals surface area contributed by atoms with Gasteiger partial charge in [0.25, 0.3) is 0 Å². The minimum Gasteiger partial charge on any atom is -0.369 e. The Morgan fingerprint density at radius 3 is 2.26 bits per heavy atom. The normalized spacial score (nSPS) is 11.0. The van der Waals surface area contributed by atoms with Gasteiger partial charge in [0.2, 0.25) is 0 Å². The van der Waals surface area contributed by atoms with E-state index in [0.717, 1.165) is 19.6 Å². The molecule has 0 fully saturated rings. The highest BCUT2D eigenvalue weighted by molar-refractivity contribution is 5.48. The Hall–Kier alpha value is -1.02. The van der Waals surface area contributed by atoms with Crippen molar-refractivity contribution in [2.24, 2.45) is 0 Å². The molecule has 0 aliphatic rings. The van der Waals surface area contributed by atoms with Gasteiger partial charge < -0.3 is 10.2 Å². The quantitative estimate of drug-likeness (QED) is 0.671. The fourth-order valence-electron chi connectivity index (χ4n) is 2.29. The lowest BCUT2D eigenvalue weighted by Gasteiger charge is -2.29. The Labute approximate surface area is 119 Å². The van der Waals surface area contributed by atoms with Gasteiger partial charge in [-0.1, -0.05) is 38.8 Å². The average Bonchev–Trinajstić information content (AvgIpc) is 2.42. The summed E-state index contributed by atoms with van der Waals surface area (Å²) in [4.78, 5) is 2.51. The first kappa shape index (κ1) is 16.0. The van der Waals surface area contributed by atoms with Crippen LogP contribution in [0.4, 0.5) is 5.69 Å². The molecule has 19 heavy (non-hydrogen) atoms. The zero-order chi connectivity index (χ0) is 14.1. The molecule has 0 aliphatic carbocycles. The third-order valence-electron chi connectivity index (χ3n) is 3.47. The number of anilines is 1. The number of hydrogen-bond acceptors (Lipinski definition) is 2. The third kappa shape index (κ3) is 5.65. The molecule has 1 aromatic rings. The number of benzene rings is 1. The summed E-state index contributed by atoms with van der Waals surface area (Å²) in [6.45, 7) is 12.1. The van der Waals surface area contributed by atoms with E-state index in [4.69, 9.17) is 0 Å². The van der Waals surface area contributed by atoms with Crippen LogP contribution in [0.3, 0.4) is 0 Å². The summed E-state index contributed by atoms with van der Waals surface area (Å²) in [6.07, 6.45) is 3.89. The molecule has 0 unspecified atom stereocenters. The summed E-state index contributed by atoms with van der Waals surface area (Å²) in [5, 5.41) is 3.36. The van der Waals surface area contributed by atoms with Crippen molar-refractivity contribution in [2.75, 3.05) is 18.0 Å². The van der Waals surface area contributed by atoms with Gasteiger partial charge in [0.1, 0.15) is 0 Å². The summed E-state index contributed by atoms with van der Waals surface area (Å²) in [5.41, 5.74) is 2.72. The molecule has 0 saturated carbocycles. The molecule has 1 aromatic carbocycles. The van der Waals surface area contributed by atoms with Crippen LogP contribution in [-0.4, -0.2) is 19.1 Å². The minimum absolute atomic E-state index is 0.566. The van der Waals surface area contributed by atoms with Gasteiger partial charge in [0, 0.05) is 24.8 Å². The third-order valence-corrected chi connectivity index (χ3v) is 3.47. The maximum Gasteiger partial charge on any atom is 0.0368 e. The van der Waals surface area contributed by atoms with Gasteiger partial charge in [0.15, 0.2) is 0 Å². The molecule has 1 rings (SSSR count). The maximum atomic E-state index is 3.36. The molecule has 108 valence electrons. The molecule has 2 nitrogen and oxygen atoms in total. The van der Waals surface area contributed by atoms with Gasteiger partial charge in [-0.05, 0) is 44.5 Å². The number of nitrogens with one attached hydrogen (secondary N) is 1. The Morgan fingerprint density at radius 1 is 1.05 bits per heavy atom. The van der Waals surface area contributed by atoms with Crippen LogP contribution in [0.15, 0.2) is 24.3 Å². The molecular formula is C17H30N2. The van der Waals surface area contributed by atoms with Gasteiger partial charge in [-0.15, -0.1) is 0 Å². The van der Waals surface area contributed by atoms with E-state index in [1.165, 1.54) is 30.5 Å². The summed E-state index contributed by atoms with van der Waals surface area (Å²) >= 11 is 0. The smallest absolute Gasteiger partial charge is 0.0368 e. The highest BCUT2D eigenvalue weighted by Gasteiger charge is 2.09. The van der Waals surface area contributed by atoms with E-state index in [1.54, 1.807) is 0 Å². The number of nitrogens with zero attached hydrogens (tertiary/aromatic N) is 1. The van der Waals surface area contributed by atoms with Crippen molar-refractivity contribution in [3.63, 3.8) is 0 Å². The lowest BCUT2D eigenvalue weighted by molar-refractivity contribution is 0.626. The number of hydrogen-bond donors (Lipinski definition) is 1. The van der Waals surface area contributed by atoms with Crippen LogP contribution in [-0.2, 0) is 6.54 Å². The maximum absolute atomic E-state index is 3.36. The van der Waals surface area contributed by atoms with E-state index in [9.17, 15) is 0 Å². The molecule has 0 radical (unpaired) electrons. The predicted molar refractivity (Wildman–Crippen MR) is 85.8 cm³/mol. The summed E-state index contributed by atoms with van der Waals surface area (Å²) in [7, 11) is 0. The molecule has 0 aliphatic heterocycles. The Balaban J connectivity index is 2.63. The zero-order valence-electron chi connectivity index (χ0n) is 13.1. The van der Waals surface area contributed by atoms with Gasteiger partial charge in [-0.3, -0.25) is 0 Å². The van der Waals surface area contributed by atoms with E-state index >= 15 is 0 Å².